The predicted octanol–water partition coefficient (Wildman–Crippen LogP) is 2.05. The lowest BCUT2D eigenvalue weighted by Crippen LogP contribution is -2.44. The second-order valence-electron chi connectivity index (χ2n) is 3.59. The summed E-state index contributed by atoms with van der Waals surface area (Å²) in [6.45, 7) is 4.24. The van der Waals surface area contributed by atoms with E-state index in [4.69, 9.17) is 11.6 Å². The Labute approximate surface area is 109 Å². The molecule has 1 atom stereocenters. The topological polar surface area (TPSA) is 58.2 Å². The molecule has 94 valence electrons. The van der Waals surface area contributed by atoms with Crippen molar-refractivity contribution in [1.29, 1.82) is 0 Å². The van der Waals surface area contributed by atoms with E-state index in [0.29, 0.717) is 15.8 Å². The van der Waals surface area contributed by atoms with Gasteiger partial charge in [0.15, 0.2) is 0 Å². The van der Waals surface area contributed by atoms with Crippen molar-refractivity contribution < 1.29 is 9.59 Å². The molecule has 0 bridgehead atoms. The van der Waals surface area contributed by atoms with Gasteiger partial charge in [-0.1, -0.05) is 18.5 Å². The van der Waals surface area contributed by atoms with E-state index in [1.54, 1.807) is 19.1 Å². The Balaban J connectivity index is 2.48. The second-order valence-corrected chi connectivity index (χ2v) is 5.31. The molecule has 4 nitrogen and oxygen atoms in total. The van der Waals surface area contributed by atoms with Crippen LogP contribution in [0.1, 0.15) is 29.9 Å². The summed E-state index contributed by atoms with van der Waals surface area (Å²) in [7, 11) is 0. The molecule has 6 heteroatoms. The van der Waals surface area contributed by atoms with E-state index in [-0.39, 0.29) is 11.8 Å². The van der Waals surface area contributed by atoms with Crippen LogP contribution in [-0.4, -0.2) is 24.4 Å². The Kier molecular flexibility index (Phi) is 5.44. The summed E-state index contributed by atoms with van der Waals surface area (Å²) in [4.78, 5) is 23.7. The van der Waals surface area contributed by atoms with Crippen molar-refractivity contribution in [1.82, 2.24) is 10.6 Å². The van der Waals surface area contributed by atoms with Crippen molar-refractivity contribution in [3.05, 3.63) is 21.3 Å². The summed E-state index contributed by atoms with van der Waals surface area (Å²) in [5.74, 6) is -0.455. The Morgan fingerprint density at radius 1 is 1.47 bits per heavy atom. The van der Waals surface area contributed by atoms with Gasteiger partial charge in [0.05, 0.1) is 9.21 Å². The minimum Gasteiger partial charge on any atom is -0.354 e. The number of carbonyl (C=O) groups is 2. The third-order valence-electron chi connectivity index (χ3n) is 2.09. The molecular formula is C11H15ClN2O2S. The monoisotopic (exact) mass is 274 g/mol. The molecule has 0 unspecified atom stereocenters. The Morgan fingerprint density at radius 2 is 2.18 bits per heavy atom. The number of amides is 2. The molecule has 0 saturated carbocycles. The van der Waals surface area contributed by atoms with E-state index in [0.717, 1.165) is 6.42 Å². The molecule has 2 amide bonds. The standard InChI is InChI=1S/C11H15ClN2O2S/c1-3-6-13-10(15)7(2)14-11(16)8-4-5-9(12)17-8/h4-5,7H,3,6H2,1-2H3,(H,13,15)(H,14,16)/t7-/m1/s1. The molecule has 0 fully saturated rings. The van der Waals surface area contributed by atoms with Crippen LogP contribution in [0.25, 0.3) is 0 Å². The number of thiophene rings is 1. The fraction of sp³-hybridized carbons (Fsp3) is 0.455. The highest BCUT2D eigenvalue weighted by molar-refractivity contribution is 7.18. The molecule has 0 aromatic carbocycles. The zero-order valence-electron chi connectivity index (χ0n) is 9.75. The molecule has 0 aliphatic rings. The summed E-state index contributed by atoms with van der Waals surface area (Å²) in [5.41, 5.74) is 0. The number of hydrogen-bond acceptors (Lipinski definition) is 3. The lowest BCUT2D eigenvalue weighted by Gasteiger charge is -2.12. The third-order valence-corrected chi connectivity index (χ3v) is 3.32. The first-order chi connectivity index (χ1) is 8.04. The average Bonchev–Trinajstić information content (AvgIpc) is 2.72. The molecule has 0 aliphatic carbocycles. The number of halogens is 1. The van der Waals surface area contributed by atoms with Crippen molar-refractivity contribution in [2.45, 2.75) is 26.3 Å². The van der Waals surface area contributed by atoms with Crippen LogP contribution in [0.4, 0.5) is 0 Å². The van der Waals surface area contributed by atoms with E-state index < -0.39 is 6.04 Å². The molecule has 0 spiro atoms. The van der Waals surface area contributed by atoms with Gasteiger partial charge in [0, 0.05) is 6.54 Å². The Bertz CT molecular complexity index is 406. The highest BCUT2D eigenvalue weighted by atomic mass is 35.5. The fourth-order valence-electron chi connectivity index (χ4n) is 1.17. The molecule has 1 rings (SSSR count). The van der Waals surface area contributed by atoms with Crippen LogP contribution in [0.15, 0.2) is 12.1 Å². The maximum atomic E-state index is 11.7. The summed E-state index contributed by atoms with van der Waals surface area (Å²) >= 11 is 6.92. The van der Waals surface area contributed by atoms with E-state index in [2.05, 4.69) is 10.6 Å². The number of hydrogen-bond donors (Lipinski definition) is 2. The maximum absolute atomic E-state index is 11.7. The van der Waals surface area contributed by atoms with Crippen LogP contribution < -0.4 is 10.6 Å². The van der Waals surface area contributed by atoms with Gasteiger partial charge >= 0.3 is 0 Å². The minimum absolute atomic E-state index is 0.178. The van der Waals surface area contributed by atoms with Gasteiger partial charge in [0.1, 0.15) is 6.04 Å². The Hall–Kier alpha value is -1.07. The molecular weight excluding hydrogens is 260 g/mol. The van der Waals surface area contributed by atoms with E-state index >= 15 is 0 Å². The molecule has 0 radical (unpaired) electrons. The van der Waals surface area contributed by atoms with Gasteiger partial charge in [-0.15, -0.1) is 11.3 Å². The molecule has 0 saturated heterocycles. The van der Waals surface area contributed by atoms with Crippen molar-refractivity contribution >= 4 is 34.8 Å². The molecule has 1 aromatic heterocycles. The van der Waals surface area contributed by atoms with Gasteiger partial charge in [-0.2, -0.15) is 0 Å². The summed E-state index contributed by atoms with van der Waals surface area (Å²) in [6, 6.07) is 2.75. The van der Waals surface area contributed by atoms with Crippen LogP contribution in [0.3, 0.4) is 0 Å². The van der Waals surface area contributed by atoms with Gasteiger partial charge in [0.2, 0.25) is 5.91 Å². The number of nitrogens with one attached hydrogen (secondary N) is 2. The van der Waals surface area contributed by atoms with Gasteiger partial charge in [-0.25, -0.2) is 0 Å². The lowest BCUT2D eigenvalue weighted by molar-refractivity contribution is -0.122. The van der Waals surface area contributed by atoms with Crippen LogP contribution in [0, 0.1) is 0 Å². The maximum Gasteiger partial charge on any atom is 0.262 e. The highest BCUT2D eigenvalue weighted by Crippen LogP contribution is 2.21. The zero-order chi connectivity index (χ0) is 12.8. The first kappa shape index (κ1) is 14.0. The minimum atomic E-state index is -0.546. The van der Waals surface area contributed by atoms with Crippen molar-refractivity contribution in [3.8, 4) is 0 Å². The first-order valence-electron chi connectivity index (χ1n) is 5.38. The zero-order valence-corrected chi connectivity index (χ0v) is 11.3. The number of carbonyl (C=O) groups excluding carboxylic acids is 2. The first-order valence-corrected chi connectivity index (χ1v) is 6.58. The molecule has 2 N–H and O–H groups in total. The lowest BCUT2D eigenvalue weighted by atomic mass is 10.3. The van der Waals surface area contributed by atoms with E-state index in [9.17, 15) is 9.59 Å². The highest BCUT2D eigenvalue weighted by Gasteiger charge is 2.16. The smallest absolute Gasteiger partial charge is 0.262 e. The molecule has 0 aliphatic heterocycles. The van der Waals surface area contributed by atoms with Crippen LogP contribution >= 0.6 is 22.9 Å². The summed E-state index contributed by atoms with van der Waals surface area (Å²) in [5, 5.41) is 5.34. The normalized spacial score (nSPS) is 11.9. The van der Waals surface area contributed by atoms with Crippen LogP contribution in [-0.2, 0) is 4.79 Å². The fourth-order valence-corrected chi connectivity index (χ4v) is 2.12. The van der Waals surface area contributed by atoms with Crippen molar-refractivity contribution in [2.75, 3.05) is 6.54 Å². The van der Waals surface area contributed by atoms with Crippen molar-refractivity contribution in [3.63, 3.8) is 0 Å². The van der Waals surface area contributed by atoms with Gasteiger partial charge in [-0.3, -0.25) is 9.59 Å². The van der Waals surface area contributed by atoms with Crippen LogP contribution in [0.5, 0.6) is 0 Å². The third kappa shape index (κ3) is 4.36. The SMILES string of the molecule is CCCNC(=O)[C@@H](C)NC(=O)c1ccc(Cl)s1. The van der Waals surface area contributed by atoms with E-state index in [1.165, 1.54) is 11.3 Å². The van der Waals surface area contributed by atoms with Crippen molar-refractivity contribution in [2.24, 2.45) is 0 Å². The predicted molar refractivity (Wildman–Crippen MR) is 69.6 cm³/mol. The van der Waals surface area contributed by atoms with Gasteiger partial charge in [0.25, 0.3) is 5.91 Å². The second kappa shape index (κ2) is 6.61. The Morgan fingerprint density at radius 3 is 2.71 bits per heavy atom. The average molecular weight is 275 g/mol. The summed E-state index contributed by atoms with van der Waals surface area (Å²) in [6.07, 6.45) is 0.868. The summed E-state index contributed by atoms with van der Waals surface area (Å²) < 4.78 is 0.554. The molecule has 1 heterocycles. The molecule has 17 heavy (non-hydrogen) atoms. The van der Waals surface area contributed by atoms with Gasteiger partial charge in [-0.05, 0) is 25.5 Å². The largest absolute Gasteiger partial charge is 0.354 e. The van der Waals surface area contributed by atoms with Gasteiger partial charge < -0.3 is 10.6 Å². The quantitative estimate of drug-likeness (QED) is 0.863. The van der Waals surface area contributed by atoms with E-state index in [1.807, 2.05) is 6.92 Å². The van der Waals surface area contributed by atoms with Crippen LogP contribution in [0.2, 0.25) is 4.34 Å². The molecule has 1 aromatic rings. The number of rotatable bonds is 5.